The van der Waals surface area contributed by atoms with E-state index in [2.05, 4.69) is 43.9 Å². The summed E-state index contributed by atoms with van der Waals surface area (Å²) < 4.78 is 5.69. The Hall–Kier alpha value is -0.570. The Morgan fingerprint density at radius 3 is 2.61 bits per heavy atom. The van der Waals surface area contributed by atoms with Crippen molar-refractivity contribution in [3.63, 3.8) is 0 Å². The molecule has 1 aromatic rings. The van der Waals surface area contributed by atoms with E-state index in [1.807, 2.05) is 0 Å². The van der Waals surface area contributed by atoms with E-state index in [0.29, 0.717) is 11.9 Å². The Morgan fingerprint density at radius 2 is 2.00 bits per heavy atom. The number of benzene rings is 1. The zero-order valence-corrected chi connectivity index (χ0v) is 12.2. The Labute approximate surface area is 115 Å². The van der Waals surface area contributed by atoms with Crippen LogP contribution in [0.5, 0.6) is 0 Å². The van der Waals surface area contributed by atoms with Crippen LogP contribution in [0.2, 0.25) is 0 Å². The van der Waals surface area contributed by atoms with Crippen molar-refractivity contribution in [3.8, 4) is 0 Å². The van der Waals surface area contributed by atoms with Crippen LogP contribution in [-0.2, 0) is 11.3 Å². The van der Waals surface area contributed by atoms with E-state index in [4.69, 9.17) is 16.3 Å². The SMILES string of the molecule is Cc1cccc(C)c1CN1CC(CCl)OCC1C. The number of nitrogens with zero attached hydrogens (tertiary/aromatic N) is 1. The summed E-state index contributed by atoms with van der Waals surface area (Å²) in [5.74, 6) is 0.579. The summed E-state index contributed by atoms with van der Waals surface area (Å²) >= 11 is 5.91. The molecule has 1 aliphatic heterocycles. The summed E-state index contributed by atoms with van der Waals surface area (Å²) in [6.07, 6.45) is 0.173. The number of hydrogen-bond donors (Lipinski definition) is 0. The average Bonchev–Trinajstić information content (AvgIpc) is 2.36. The second-order valence-corrected chi connectivity index (χ2v) is 5.57. The summed E-state index contributed by atoms with van der Waals surface area (Å²) in [6, 6.07) is 6.96. The molecular weight excluding hydrogens is 246 g/mol. The highest BCUT2D eigenvalue weighted by Crippen LogP contribution is 2.20. The highest BCUT2D eigenvalue weighted by molar-refractivity contribution is 6.18. The van der Waals surface area contributed by atoms with E-state index in [1.165, 1.54) is 16.7 Å². The molecule has 100 valence electrons. The number of halogens is 1. The van der Waals surface area contributed by atoms with Crippen LogP contribution in [0, 0.1) is 13.8 Å². The first kappa shape index (κ1) is 13.9. The molecule has 0 saturated carbocycles. The van der Waals surface area contributed by atoms with Crippen LogP contribution in [0.3, 0.4) is 0 Å². The molecule has 0 amide bonds. The molecule has 2 nitrogen and oxygen atoms in total. The lowest BCUT2D eigenvalue weighted by molar-refractivity contribution is -0.0511. The van der Waals surface area contributed by atoms with Gasteiger partial charge in [0.15, 0.2) is 0 Å². The minimum Gasteiger partial charge on any atom is -0.374 e. The van der Waals surface area contributed by atoms with Gasteiger partial charge in [-0.05, 0) is 37.5 Å². The first-order valence-corrected chi connectivity index (χ1v) is 7.12. The summed E-state index contributed by atoms with van der Waals surface area (Å²) in [5, 5.41) is 0. The molecule has 0 aromatic heterocycles. The molecule has 18 heavy (non-hydrogen) atoms. The molecule has 0 radical (unpaired) electrons. The predicted octanol–water partition coefficient (Wildman–Crippen LogP) is 3.13. The van der Waals surface area contributed by atoms with Gasteiger partial charge in [0.05, 0.1) is 12.7 Å². The van der Waals surface area contributed by atoms with E-state index in [1.54, 1.807) is 0 Å². The molecule has 0 N–H and O–H groups in total. The second kappa shape index (κ2) is 6.05. The molecule has 3 heteroatoms. The molecule has 1 fully saturated rings. The van der Waals surface area contributed by atoms with Crippen LogP contribution in [0.4, 0.5) is 0 Å². The number of aryl methyl sites for hydroxylation is 2. The molecule has 1 heterocycles. The van der Waals surface area contributed by atoms with Crippen LogP contribution in [0.1, 0.15) is 23.6 Å². The van der Waals surface area contributed by atoms with Crippen LogP contribution in [0.15, 0.2) is 18.2 Å². The van der Waals surface area contributed by atoms with Gasteiger partial charge in [0.1, 0.15) is 0 Å². The van der Waals surface area contributed by atoms with Gasteiger partial charge < -0.3 is 4.74 Å². The average molecular weight is 268 g/mol. The maximum absolute atomic E-state index is 5.91. The van der Waals surface area contributed by atoms with Crippen molar-refractivity contribution in [1.29, 1.82) is 0 Å². The van der Waals surface area contributed by atoms with Crippen molar-refractivity contribution in [3.05, 3.63) is 34.9 Å². The van der Waals surface area contributed by atoms with Crippen LogP contribution in [0.25, 0.3) is 0 Å². The molecular formula is C15H22ClNO. The zero-order chi connectivity index (χ0) is 13.1. The maximum atomic E-state index is 5.91. The van der Waals surface area contributed by atoms with Crippen molar-refractivity contribution in [2.75, 3.05) is 19.0 Å². The maximum Gasteiger partial charge on any atom is 0.0838 e. The molecule has 2 atom stereocenters. The predicted molar refractivity (Wildman–Crippen MR) is 76.2 cm³/mol. The molecule has 1 aliphatic rings. The van der Waals surface area contributed by atoms with Crippen molar-refractivity contribution in [2.45, 2.75) is 39.5 Å². The number of morpholine rings is 1. The van der Waals surface area contributed by atoms with Gasteiger partial charge in [-0.25, -0.2) is 0 Å². The lowest BCUT2D eigenvalue weighted by Gasteiger charge is -2.38. The Bertz CT molecular complexity index is 387. The monoisotopic (exact) mass is 267 g/mol. The lowest BCUT2D eigenvalue weighted by Crippen LogP contribution is -2.48. The van der Waals surface area contributed by atoms with Gasteiger partial charge >= 0.3 is 0 Å². The smallest absolute Gasteiger partial charge is 0.0838 e. The lowest BCUT2D eigenvalue weighted by atomic mass is 10.0. The first-order chi connectivity index (χ1) is 8.61. The van der Waals surface area contributed by atoms with Crippen LogP contribution in [-0.4, -0.2) is 36.1 Å². The third-order valence-electron chi connectivity index (χ3n) is 3.81. The largest absolute Gasteiger partial charge is 0.374 e. The fourth-order valence-corrected chi connectivity index (χ4v) is 2.68. The Balaban J connectivity index is 2.12. The first-order valence-electron chi connectivity index (χ1n) is 6.58. The van der Waals surface area contributed by atoms with E-state index < -0.39 is 0 Å². The zero-order valence-electron chi connectivity index (χ0n) is 11.4. The van der Waals surface area contributed by atoms with E-state index >= 15 is 0 Å². The number of alkyl halides is 1. The molecule has 1 saturated heterocycles. The molecule has 1 aromatic carbocycles. The summed E-state index contributed by atoms with van der Waals surface area (Å²) in [7, 11) is 0. The van der Waals surface area contributed by atoms with Crippen LogP contribution >= 0.6 is 11.6 Å². The quantitative estimate of drug-likeness (QED) is 0.781. The summed E-state index contributed by atoms with van der Waals surface area (Å²) in [4.78, 5) is 2.48. The van der Waals surface area contributed by atoms with Crippen LogP contribution < -0.4 is 0 Å². The van der Waals surface area contributed by atoms with Gasteiger partial charge in [-0.3, -0.25) is 4.90 Å². The van der Waals surface area contributed by atoms with Gasteiger partial charge in [0.25, 0.3) is 0 Å². The van der Waals surface area contributed by atoms with Gasteiger partial charge in [-0.2, -0.15) is 0 Å². The van der Waals surface area contributed by atoms with E-state index in [9.17, 15) is 0 Å². The standard InChI is InChI=1S/C15H22ClNO/c1-11-5-4-6-12(2)15(11)9-17-8-14(7-16)18-10-13(17)3/h4-6,13-14H,7-10H2,1-3H3. The van der Waals surface area contributed by atoms with Crippen molar-refractivity contribution < 1.29 is 4.74 Å². The minimum absolute atomic E-state index is 0.173. The van der Waals surface area contributed by atoms with Crippen molar-refractivity contribution in [2.24, 2.45) is 0 Å². The van der Waals surface area contributed by atoms with E-state index in [-0.39, 0.29) is 6.10 Å². The number of rotatable bonds is 3. The van der Waals surface area contributed by atoms with Gasteiger partial charge in [-0.1, -0.05) is 18.2 Å². The highest BCUT2D eigenvalue weighted by Gasteiger charge is 2.26. The van der Waals surface area contributed by atoms with Crippen molar-refractivity contribution >= 4 is 11.6 Å². The molecule has 0 aliphatic carbocycles. The minimum atomic E-state index is 0.173. The number of hydrogen-bond acceptors (Lipinski definition) is 2. The highest BCUT2D eigenvalue weighted by atomic mass is 35.5. The van der Waals surface area contributed by atoms with Gasteiger partial charge in [0.2, 0.25) is 0 Å². The third-order valence-corrected chi connectivity index (χ3v) is 4.16. The summed E-state index contributed by atoms with van der Waals surface area (Å²) in [5.41, 5.74) is 4.19. The van der Waals surface area contributed by atoms with E-state index in [0.717, 1.165) is 19.7 Å². The third kappa shape index (κ3) is 3.05. The topological polar surface area (TPSA) is 12.5 Å². The van der Waals surface area contributed by atoms with Gasteiger partial charge in [-0.15, -0.1) is 11.6 Å². The molecule has 0 spiro atoms. The molecule has 2 unspecified atom stereocenters. The summed E-state index contributed by atoms with van der Waals surface area (Å²) in [6.45, 7) is 9.30. The Morgan fingerprint density at radius 1 is 1.33 bits per heavy atom. The molecule has 0 bridgehead atoms. The van der Waals surface area contributed by atoms with Gasteiger partial charge in [0, 0.05) is 25.0 Å². The molecule has 2 rings (SSSR count). The normalized spacial score (nSPS) is 25.3. The second-order valence-electron chi connectivity index (χ2n) is 5.26. The fraction of sp³-hybridized carbons (Fsp3) is 0.600. The number of ether oxygens (including phenoxy) is 1. The Kier molecular flexibility index (Phi) is 4.66. The van der Waals surface area contributed by atoms with Crippen molar-refractivity contribution in [1.82, 2.24) is 4.90 Å². The fourth-order valence-electron chi connectivity index (χ4n) is 2.49.